The van der Waals surface area contributed by atoms with Gasteiger partial charge in [0.25, 0.3) is 5.91 Å². The molecule has 0 spiro atoms. The van der Waals surface area contributed by atoms with Crippen molar-refractivity contribution >= 4 is 46.4 Å². The fourth-order valence-electron chi connectivity index (χ4n) is 1.26. The van der Waals surface area contributed by atoms with Crippen LogP contribution >= 0.6 is 34.5 Å². The number of carbonyl (C=O) groups excluding carboxylic acids is 2. The third-order valence-electron chi connectivity index (χ3n) is 2.05. The third-order valence-corrected chi connectivity index (χ3v) is 3.54. The molecule has 0 bridgehead atoms. The second kappa shape index (κ2) is 7.61. The molecule has 1 heterocycles. The van der Waals surface area contributed by atoms with E-state index in [9.17, 15) is 9.59 Å². The van der Waals surface area contributed by atoms with E-state index in [0.29, 0.717) is 33.8 Å². The zero-order valence-corrected chi connectivity index (χ0v) is 12.1. The molecule has 0 aliphatic rings. The molecule has 0 radical (unpaired) electrons. The second-order valence-corrected chi connectivity index (χ2v) is 5.69. The van der Waals surface area contributed by atoms with E-state index in [4.69, 9.17) is 27.9 Å². The van der Waals surface area contributed by atoms with Crippen LogP contribution in [0, 0.1) is 0 Å². The van der Waals surface area contributed by atoms with Gasteiger partial charge in [-0.1, -0.05) is 23.2 Å². The number of rotatable bonds is 6. The number of carbonyl (C=O) groups is 2. The van der Waals surface area contributed by atoms with E-state index in [2.05, 4.69) is 5.32 Å². The quantitative estimate of drug-likeness (QED) is 0.649. The highest BCUT2D eigenvalue weighted by Crippen LogP contribution is 2.30. The van der Waals surface area contributed by atoms with Crippen LogP contribution in [0.1, 0.15) is 30.1 Å². The van der Waals surface area contributed by atoms with Crippen LogP contribution in [0.2, 0.25) is 8.67 Å². The standard InChI is InChI=1S/C11H13Cl2NO3S/c1-2-17-9(15)4-3-5-14-11(16)7-6-8(12)18-10(7)13/h6H,2-5H2,1H3,(H,14,16). The first-order valence-corrected chi connectivity index (χ1v) is 7.00. The molecule has 0 fully saturated rings. The molecule has 1 aromatic heterocycles. The first-order valence-electron chi connectivity index (χ1n) is 5.43. The van der Waals surface area contributed by atoms with Crippen LogP contribution in [0.4, 0.5) is 0 Å². The van der Waals surface area contributed by atoms with Crippen molar-refractivity contribution in [2.45, 2.75) is 19.8 Å². The van der Waals surface area contributed by atoms with Crippen molar-refractivity contribution in [1.82, 2.24) is 5.32 Å². The van der Waals surface area contributed by atoms with Crippen molar-refractivity contribution in [3.63, 3.8) is 0 Å². The minimum atomic E-state index is -0.285. The summed E-state index contributed by atoms with van der Waals surface area (Å²) in [5, 5.41) is 2.67. The van der Waals surface area contributed by atoms with Crippen LogP contribution < -0.4 is 5.32 Å². The Hall–Kier alpha value is -0.780. The molecule has 0 aliphatic heterocycles. The van der Waals surface area contributed by atoms with E-state index in [1.165, 1.54) is 6.07 Å². The van der Waals surface area contributed by atoms with Crippen LogP contribution in [0.25, 0.3) is 0 Å². The number of esters is 1. The molecule has 100 valence electrons. The van der Waals surface area contributed by atoms with Gasteiger partial charge < -0.3 is 10.1 Å². The van der Waals surface area contributed by atoms with Gasteiger partial charge in [-0.15, -0.1) is 11.3 Å². The maximum Gasteiger partial charge on any atom is 0.305 e. The Morgan fingerprint density at radius 1 is 1.44 bits per heavy atom. The number of hydrogen-bond donors (Lipinski definition) is 1. The summed E-state index contributed by atoms with van der Waals surface area (Å²) < 4.78 is 5.60. The van der Waals surface area contributed by atoms with E-state index in [-0.39, 0.29) is 18.3 Å². The molecule has 0 saturated carbocycles. The summed E-state index contributed by atoms with van der Waals surface area (Å²) in [6.45, 7) is 2.51. The average Bonchev–Trinajstić information content (AvgIpc) is 2.64. The van der Waals surface area contributed by atoms with Gasteiger partial charge in [-0.25, -0.2) is 0 Å². The molecule has 1 amide bonds. The zero-order chi connectivity index (χ0) is 13.5. The maximum atomic E-state index is 11.7. The van der Waals surface area contributed by atoms with E-state index in [1.54, 1.807) is 6.92 Å². The van der Waals surface area contributed by atoms with Crippen molar-refractivity contribution < 1.29 is 14.3 Å². The highest BCUT2D eigenvalue weighted by atomic mass is 35.5. The number of amides is 1. The van der Waals surface area contributed by atoms with Crippen molar-refractivity contribution in [2.24, 2.45) is 0 Å². The van der Waals surface area contributed by atoms with Crippen molar-refractivity contribution in [2.75, 3.05) is 13.2 Å². The predicted octanol–water partition coefficient (Wildman–Crippen LogP) is 3.13. The van der Waals surface area contributed by atoms with Crippen molar-refractivity contribution in [3.05, 3.63) is 20.3 Å². The van der Waals surface area contributed by atoms with Crippen molar-refractivity contribution in [3.8, 4) is 0 Å². The van der Waals surface area contributed by atoms with E-state index in [1.807, 2.05) is 0 Å². The van der Waals surface area contributed by atoms with E-state index >= 15 is 0 Å². The van der Waals surface area contributed by atoms with E-state index in [0.717, 1.165) is 11.3 Å². The fraction of sp³-hybridized carbons (Fsp3) is 0.455. The Morgan fingerprint density at radius 2 is 2.17 bits per heavy atom. The summed E-state index contributed by atoms with van der Waals surface area (Å²) in [4.78, 5) is 22.7. The Labute approximate surface area is 119 Å². The van der Waals surface area contributed by atoms with Gasteiger partial charge >= 0.3 is 5.97 Å². The summed E-state index contributed by atoms with van der Waals surface area (Å²) in [6.07, 6.45) is 0.812. The van der Waals surface area contributed by atoms with Gasteiger partial charge in [-0.2, -0.15) is 0 Å². The molecule has 4 nitrogen and oxygen atoms in total. The smallest absolute Gasteiger partial charge is 0.305 e. The molecule has 0 aromatic carbocycles. The fourth-order valence-corrected chi connectivity index (χ4v) is 2.72. The maximum absolute atomic E-state index is 11.7. The Bertz CT molecular complexity index is 434. The minimum absolute atomic E-state index is 0.261. The van der Waals surface area contributed by atoms with Crippen LogP contribution in [0.3, 0.4) is 0 Å². The number of nitrogens with one attached hydrogen (secondary N) is 1. The lowest BCUT2D eigenvalue weighted by molar-refractivity contribution is -0.143. The van der Waals surface area contributed by atoms with Crippen LogP contribution in [0.5, 0.6) is 0 Å². The number of ether oxygens (including phenoxy) is 1. The molecular formula is C11H13Cl2NO3S. The van der Waals surface area contributed by atoms with Gasteiger partial charge in [-0.05, 0) is 19.4 Å². The van der Waals surface area contributed by atoms with Crippen molar-refractivity contribution in [1.29, 1.82) is 0 Å². The monoisotopic (exact) mass is 309 g/mol. The molecule has 18 heavy (non-hydrogen) atoms. The largest absolute Gasteiger partial charge is 0.466 e. The summed E-state index contributed by atoms with van der Waals surface area (Å²) >= 11 is 12.7. The summed E-state index contributed by atoms with van der Waals surface area (Å²) in [5.74, 6) is -0.546. The van der Waals surface area contributed by atoms with Gasteiger partial charge in [0.15, 0.2) is 0 Å². The molecule has 1 rings (SSSR count). The summed E-state index contributed by atoms with van der Waals surface area (Å²) in [6, 6.07) is 1.52. The Kier molecular flexibility index (Phi) is 6.46. The Morgan fingerprint density at radius 3 is 2.72 bits per heavy atom. The number of thiophene rings is 1. The SMILES string of the molecule is CCOC(=O)CCCNC(=O)c1cc(Cl)sc1Cl. The van der Waals surface area contributed by atoms with Gasteiger partial charge in [0.2, 0.25) is 0 Å². The molecule has 0 atom stereocenters. The molecule has 0 aliphatic carbocycles. The summed E-state index contributed by atoms with van der Waals surface area (Å²) in [7, 11) is 0. The molecule has 1 N–H and O–H groups in total. The number of halogens is 2. The normalized spacial score (nSPS) is 10.2. The molecule has 1 aromatic rings. The molecule has 7 heteroatoms. The Balaban J connectivity index is 2.30. The lowest BCUT2D eigenvalue weighted by atomic mass is 10.3. The average molecular weight is 310 g/mol. The first kappa shape index (κ1) is 15.3. The van der Waals surface area contributed by atoms with Gasteiger partial charge in [0, 0.05) is 13.0 Å². The first-order chi connectivity index (χ1) is 8.54. The van der Waals surface area contributed by atoms with Crippen LogP contribution in [-0.2, 0) is 9.53 Å². The van der Waals surface area contributed by atoms with Crippen LogP contribution in [0.15, 0.2) is 6.07 Å². The molecular weight excluding hydrogens is 297 g/mol. The second-order valence-electron chi connectivity index (χ2n) is 3.40. The lowest BCUT2D eigenvalue weighted by Crippen LogP contribution is -2.24. The predicted molar refractivity (Wildman–Crippen MR) is 72.5 cm³/mol. The molecule has 0 unspecified atom stereocenters. The molecule has 0 saturated heterocycles. The van der Waals surface area contributed by atoms with Gasteiger partial charge in [0.1, 0.15) is 4.34 Å². The van der Waals surface area contributed by atoms with E-state index < -0.39 is 0 Å². The number of hydrogen-bond acceptors (Lipinski definition) is 4. The lowest BCUT2D eigenvalue weighted by Gasteiger charge is -2.04. The third kappa shape index (κ3) is 4.84. The highest BCUT2D eigenvalue weighted by Gasteiger charge is 2.13. The summed E-state index contributed by atoms with van der Waals surface area (Å²) in [5.41, 5.74) is 0.364. The zero-order valence-electron chi connectivity index (χ0n) is 9.79. The topological polar surface area (TPSA) is 55.4 Å². The van der Waals surface area contributed by atoms with Gasteiger partial charge in [0.05, 0.1) is 16.5 Å². The van der Waals surface area contributed by atoms with Crippen LogP contribution in [-0.4, -0.2) is 25.0 Å². The minimum Gasteiger partial charge on any atom is -0.466 e. The van der Waals surface area contributed by atoms with Gasteiger partial charge in [-0.3, -0.25) is 9.59 Å². The highest BCUT2D eigenvalue weighted by molar-refractivity contribution is 7.20.